The molecule has 3 aromatic rings. The number of nitrogens with zero attached hydrogens (tertiary/aromatic N) is 3. The Morgan fingerprint density at radius 1 is 1.18 bits per heavy atom. The molecule has 0 radical (unpaired) electrons. The van der Waals surface area contributed by atoms with E-state index in [0.29, 0.717) is 11.3 Å². The van der Waals surface area contributed by atoms with Crippen LogP contribution in [0.4, 0.5) is 5.69 Å². The summed E-state index contributed by atoms with van der Waals surface area (Å²) >= 11 is 1.24. The molecule has 0 aliphatic heterocycles. The van der Waals surface area contributed by atoms with Crippen LogP contribution in [0.2, 0.25) is 0 Å². The molecule has 1 aromatic heterocycles. The lowest BCUT2D eigenvalue weighted by Gasteiger charge is -2.05. The van der Waals surface area contributed by atoms with Gasteiger partial charge in [0.25, 0.3) is 11.6 Å². The lowest BCUT2D eigenvalue weighted by atomic mass is 10.1. The van der Waals surface area contributed by atoms with Crippen LogP contribution in [0.5, 0.6) is 0 Å². The number of hydrogen-bond donors (Lipinski definition) is 0. The minimum absolute atomic E-state index is 0.257. The number of nitro benzene ring substituents is 1. The Hall–Kier alpha value is -3.64. The van der Waals surface area contributed by atoms with E-state index in [1.807, 2.05) is 31.2 Å². The number of nitro groups is 1. The molecule has 1 heterocycles. The van der Waals surface area contributed by atoms with Gasteiger partial charge in [-0.25, -0.2) is 13.2 Å². The summed E-state index contributed by atoms with van der Waals surface area (Å²) in [6.45, 7) is 1.81. The number of aryl methyl sites for hydroxylation is 1. The Balaban J connectivity index is 1.71. The molecule has 0 aliphatic rings. The van der Waals surface area contributed by atoms with Crippen molar-refractivity contribution in [1.82, 2.24) is 4.57 Å². The number of carbonyl (C=O) groups is 2. The number of esters is 1. The molecule has 0 saturated heterocycles. The molecule has 0 N–H and O–H groups in total. The van der Waals surface area contributed by atoms with E-state index in [-0.39, 0.29) is 5.56 Å². The van der Waals surface area contributed by atoms with Gasteiger partial charge in [-0.1, -0.05) is 29.8 Å². The summed E-state index contributed by atoms with van der Waals surface area (Å²) in [5.74, 6) is -1.73. The lowest BCUT2D eigenvalue weighted by Crippen LogP contribution is -2.20. The van der Waals surface area contributed by atoms with Gasteiger partial charge in [-0.15, -0.1) is 11.3 Å². The number of benzene rings is 2. The zero-order chi connectivity index (χ0) is 24.2. The summed E-state index contributed by atoms with van der Waals surface area (Å²) in [5, 5.41) is 13.0. The third-order valence-corrected chi connectivity index (χ3v) is 6.41. The predicted molar refractivity (Wildman–Crippen MR) is 120 cm³/mol. The second-order valence-electron chi connectivity index (χ2n) is 7.09. The molecule has 3 rings (SSSR count). The minimum Gasteiger partial charge on any atom is -0.452 e. The van der Waals surface area contributed by atoms with Crippen molar-refractivity contribution in [2.24, 2.45) is 4.99 Å². The number of carbonyl (C=O) groups excluding carboxylic acids is 2. The van der Waals surface area contributed by atoms with E-state index in [1.54, 1.807) is 16.1 Å². The van der Waals surface area contributed by atoms with Gasteiger partial charge >= 0.3 is 5.97 Å². The van der Waals surface area contributed by atoms with E-state index in [1.165, 1.54) is 11.3 Å². The molecule has 0 fully saturated rings. The number of ether oxygens (including phenoxy) is 1. The Kier molecular flexibility index (Phi) is 7.19. The van der Waals surface area contributed by atoms with E-state index < -0.39 is 43.8 Å². The van der Waals surface area contributed by atoms with Crippen LogP contribution in [0.1, 0.15) is 21.5 Å². The Labute approximate surface area is 192 Å². The van der Waals surface area contributed by atoms with Gasteiger partial charge in [-0.05, 0) is 24.6 Å². The minimum atomic E-state index is -3.87. The molecule has 0 saturated carbocycles. The Bertz CT molecular complexity index is 1390. The topological polar surface area (TPSA) is 138 Å². The average Bonchev–Trinajstić information content (AvgIpc) is 3.18. The standard InChI is InChI=1S/C21H19N3O7S2/c1-14-3-5-15(6-4-14)12-23-9-10-32-21(23)22-19(25)13-31-20(26)16-7-8-18(33(2,29)30)17(11-16)24(27)28/h3-11H,12-13H2,1-2H3. The summed E-state index contributed by atoms with van der Waals surface area (Å²) in [7, 11) is -3.87. The quantitative estimate of drug-likeness (QED) is 0.282. The van der Waals surface area contributed by atoms with Crippen molar-refractivity contribution in [2.75, 3.05) is 12.9 Å². The molecule has 12 heteroatoms. The average molecular weight is 490 g/mol. The monoisotopic (exact) mass is 489 g/mol. The molecule has 0 unspecified atom stereocenters. The first-order valence-electron chi connectivity index (χ1n) is 9.47. The van der Waals surface area contributed by atoms with Gasteiger partial charge in [-0.3, -0.25) is 14.9 Å². The number of thiazole rings is 1. The SMILES string of the molecule is Cc1ccc(Cn2ccsc2=NC(=O)COC(=O)c2ccc(S(C)(=O)=O)c([N+](=O)[O-])c2)cc1. The predicted octanol–water partition coefficient (Wildman–Crippen LogP) is 2.50. The lowest BCUT2D eigenvalue weighted by molar-refractivity contribution is -0.387. The fourth-order valence-corrected chi connectivity index (χ4v) is 4.42. The molecule has 1 amide bonds. The highest BCUT2D eigenvalue weighted by atomic mass is 32.2. The van der Waals surface area contributed by atoms with Crippen molar-refractivity contribution in [3.05, 3.63) is 85.6 Å². The van der Waals surface area contributed by atoms with Crippen molar-refractivity contribution >= 4 is 38.7 Å². The maximum Gasteiger partial charge on any atom is 0.338 e. The molecule has 0 atom stereocenters. The van der Waals surface area contributed by atoms with Crippen LogP contribution in [0.3, 0.4) is 0 Å². The number of amides is 1. The first-order chi connectivity index (χ1) is 15.5. The van der Waals surface area contributed by atoms with Crippen molar-refractivity contribution in [3.63, 3.8) is 0 Å². The van der Waals surface area contributed by atoms with Crippen molar-refractivity contribution < 1.29 is 27.7 Å². The first kappa shape index (κ1) is 24.0. The van der Waals surface area contributed by atoms with Gasteiger partial charge in [-0.2, -0.15) is 4.99 Å². The van der Waals surface area contributed by atoms with Crippen LogP contribution in [0.15, 0.2) is 63.9 Å². The fourth-order valence-electron chi connectivity index (χ4n) is 2.85. The van der Waals surface area contributed by atoms with Crippen LogP contribution < -0.4 is 4.80 Å². The third kappa shape index (κ3) is 6.20. The zero-order valence-corrected chi connectivity index (χ0v) is 19.3. The summed E-state index contributed by atoms with van der Waals surface area (Å²) in [4.78, 5) is 38.6. The van der Waals surface area contributed by atoms with Gasteiger partial charge in [0.1, 0.15) is 4.90 Å². The van der Waals surface area contributed by atoms with Crippen LogP contribution in [0.25, 0.3) is 0 Å². The highest BCUT2D eigenvalue weighted by molar-refractivity contribution is 7.90. The largest absolute Gasteiger partial charge is 0.452 e. The van der Waals surface area contributed by atoms with E-state index in [9.17, 15) is 28.1 Å². The first-order valence-corrected chi connectivity index (χ1v) is 12.2. The van der Waals surface area contributed by atoms with Crippen LogP contribution in [0, 0.1) is 17.0 Å². The molecular weight excluding hydrogens is 470 g/mol. The second-order valence-corrected chi connectivity index (χ2v) is 9.95. The number of hydrogen-bond acceptors (Lipinski definition) is 8. The molecule has 2 aromatic carbocycles. The van der Waals surface area contributed by atoms with Crippen LogP contribution in [-0.2, 0) is 25.9 Å². The van der Waals surface area contributed by atoms with Gasteiger partial charge in [0.15, 0.2) is 21.2 Å². The van der Waals surface area contributed by atoms with E-state index in [4.69, 9.17) is 4.74 Å². The molecule has 10 nitrogen and oxygen atoms in total. The molecular formula is C21H19N3O7S2. The Morgan fingerprint density at radius 3 is 2.52 bits per heavy atom. The van der Waals surface area contributed by atoms with E-state index in [2.05, 4.69) is 4.99 Å². The third-order valence-electron chi connectivity index (χ3n) is 4.47. The maximum absolute atomic E-state index is 12.2. The summed E-state index contributed by atoms with van der Waals surface area (Å²) < 4.78 is 30.1. The number of aromatic nitrogens is 1. The number of sulfone groups is 1. The summed E-state index contributed by atoms with van der Waals surface area (Å²) in [6.07, 6.45) is 2.61. The van der Waals surface area contributed by atoms with Crippen molar-refractivity contribution in [1.29, 1.82) is 0 Å². The zero-order valence-electron chi connectivity index (χ0n) is 17.6. The summed E-state index contributed by atoms with van der Waals surface area (Å²) in [5.41, 5.74) is 1.15. The number of rotatable bonds is 7. The van der Waals surface area contributed by atoms with E-state index in [0.717, 1.165) is 35.6 Å². The molecule has 0 bridgehead atoms. The molecule has 0 aliphatic carbocycles. The van der Waals surface area contributed by atoms with Gasteiger partial charge in [0, 0.05) is 30.4 Å². The van der Waals surface area contributed by atoms with Gasteiger partial charge in [0.05, 0.1) is 10.5 Å². The van der Waals surface area contributed by atoms with Gasteiger partial charge in [0.2, 0.25) is 0 Å². The normalized spacial score (nSPS) is 11.9. The van der Waals surface area contributed by atoms with Crippen molar-refractivity contribution in [3.8, 4) is 0 Å². The van der Waals surface area contributed by atoms with Gasteiger partial charge < -0.3 is 9.30 Å². The van der Waals surface area contributed by atoms with Crippen LogP contribution in [-0.4, -0.2) is 42.6 Å². The van der Waals surface area contributed by atoms with E-state index >= 15 is 0 Å². The highest BCUT2D eigenvalue weighted by Gasteiger charge is 2.24. The van der Waals surface area contributed by atoms with Crippen LogP contribution >= 0.6 is 11.3 Å². The smallest absolute Gasteiger partial charge is 0.338 e. The maximum atomic E-state index is 12.2. The fraction of sp³-hybridized carbons (Fsp3) is 0.190. The molecule has 0 spiro atoms. The Morgan fingerprint density at radius 2 is 1.88 bits per heavy atom. The summed E-state index contributed by atoms with van der Waals surface area (Å²) in [6, 6.07) is 10.8. The molecule has 33 heavy (non-hydrogen) atoms. The highest BCUT2D eigenvalue weighted by Crippen LogP contribution is 2.25. The second kappa shape index (κ2) is 9.88. The molecule has 172 valence electrons. The van der Waals surface area contributed by atoms with Crippen molar-refractivity contribution in [2.45, 2.75) is 18.4 Å².